The first-order valence-electron chi connectivity index (χ1n) is 30.7. The highest BCUT2D eigenvalue weighted by molar-refractivity contribution is 9.11. The van der Waals surface area contributed by atoms with E-state index < -0.39 is 23.8 Å². The number of phenols is 2. The van der Waals surface area contributed by atoms with Crippen LogP contribution in [-0.4, -0.2) is 137 Å². The molecule has 6 heterocycles. The van der Waals surface area contributed by atoms with Crippen LogP contribution >= 0.6 is 63.7 Å². The van der Waals surface area contributed by atoms with Crippen LogP contribution < -0.4 is 51.8 Å². The number of anilines is 1. The van der Waals surface area contributed by atoms with Gasteiger partial charge < -0.3 is 62.0 Å². The molecule has 9 N–H and O–H groups in total. The summed E-state index contributed by atoms with van der Waals surface area (Å²) in [5.41, 5.74) is 18.5. The van der Waals surface area contributed by atoms with E-state index in [9.17, 15) is 38.6 Å². The number of aromatic nitrogens is 5. The van der Waals surface area contributed by atoms with Crippen LogP contribution in [0.15, 0.2) is 224 Å². The number of hydrogen-bond donors (Lipinski definition) is 8. The number of hydrazone groups is 5. The van der Waals surface area contributed by atoms with Crippen LogP contribution in [0.2, 0.25) is 0 Å². The summed E-state index contributed by atoms with van der Waals surface area (Å²) in [6, 6.07) is 37.9. The molecule has 6 aromatic heterocycles. The number of benzene rings is 5. The van der Waals surface area contributed by atoms with Crippen LogP contribution in [-0.2, 0) is 30.5 Å². The van der Waals surface area contributed by atoms with Crippen molar-refractivity contribution in [1.29, 1.82) is 0 Å². The van der Waals surface area contributed by atoms with E-state index in [1.165, 1.54) is 93.7 Å². The number of allylic oxidation sites excluding steroid dienone is 1. The van der Waals surface area contributed by atoms with E-state index in [0.29, 0.717) is 61.7 Å². The largest absolute Gasteiger partial charge is 0.503 e. The van der Waals surface area contributed by atoms with Gasteiger partial charge in [-0.15, -0.1) is 5.10 Å². The zero-order valence-electron chi connectivity index (χ0n) is 57.1. The second-order valence-corrected chi connectivity index (χ2v) is 24.1. The topological polar surface area (TPSA) is 451 Å². The number of nitrogen functional groups attached to an aromatic ring is 1. The molecule has 0 radical (unpaired) electrons. The Balaban J connectivity index is 0.000000190. The Kier molecular flexibility index (Phi) is 33.4. The fourth-order valence-corrected chi connectivity index (χ4v) is 10.1. The number of aryl methyl sites for hydroxylation is 1. The van der Waals surface area contributed by atoms with Crippen molar-refractivity contribution < 1.29 is 89.3 Å². The van der Waals surface area contributed by atoms with Gasteiger partial charge in [0.25, 0.3) is 23.6 Å². The van der Waals surface area contributed by atoms with Crippen LogP contribution in [0, 0.1) is 12.7 Å². The highest BCUT2D eigenvalue weighted by Crippen LogP contribution is 2.41. The van der Waals surface area contributed by atoms with Gasteiger partial charge in [-0.2, -0.15) is 30.2 Å². The number of nitrogens with two attached hydrogens (primary N) is 1. The number of hydrogen-bond acceptors (Lipinski definition) is 28. The van der Waals surface area contributed by atoms with Crippen molar-refractivity contribution in [3.05, 3.63) is 228 Å². The third-order valence-electron chi connectivity index (χ3n) is 12.9. The molecule has 108 heavy (non-hydrogen) atoms. The highest BCUT2D eigenvalue weighted by Gasteiger charge is 2.24. The van der Waals surface area contributed by atoms with Crippen LogP contribution in [0.3, 0.4) is 0 Å². The van der Waals surface area contributed by atoms with Gasteiger partial charge >= 0.3 is 6.09 Å². The Bertz CT molecular complexity index is 4930. The Morgan fingerprint density at radius 1 is 0.639 bits per heavy atom. The van der Waals surface area contributed by atoms with Gasteiger partial charge in [-0.3, -0.25) is 19.2 Å². The standard InChI is InChI=1S/C17H14N2O3.C16H12Br4N2O5.C13H11FN2O3.C13H14N8O4.C10H12N2O3/c20-17(19-18-11-14-7-4-10-21-14)12-22-16-9-3-6-13-5-1-2-8-15(13)16;1-26-11-4-8(17)3-10(19)16(11)27-6-12(23)22-21-5-7-2-9(18)14(24)15(25)13(7)20;14-10-3-5-11(6-4-10)19-9-13(17)16-15-8-12-2-1-7-18-12;1-7-3-4-8(24-7)5-15-17-13(22)10-9(6-23-2)21(20-16-10)12-11(14)18-25-19-12;1-8(11-12-10(13)14-2)5-6-9-4-3-7-15-9/h1-11H,12H2,(H,19,20);2-5,24-25H,6H2,1H3,(H,22,23);1-8H,9H2,(H,16,17);3-5H,6H2,1-2H3,(H2,14,18)(H,17,22);3-7H,1-2H3,(H,12,13)/b18-11+;21-5+;15-8+;15-5+;6-5+,11-8-. The van der Waals surface area contributed by atoms with E-state index in [1.807, 2.05) is 48.5 Å². The van der Waals surface area contributed by atoms with Gasteiger partial charge in [0.1, 0.15) is 51.8 Å². The molecule has 0 spiro atoms. The van der Waals surface area contributed by atoms with E-state index in [1.54, 1.807) is 86.9 Å². The number of carbonyl (C=O) groups is 5. The second-order valence-electron chi connectivity index (χ2n) is 20.6. The predicted octanol–water partition coefficient (Wildman–Crippen LogP) is 11.7. The molecule has 0 fully saturated rings. The SMILES string of the molecule is COC(=O)N/N=C(C)\C=C\c1ccco1.COCc1c(C(=O)N/N=C/c2ccc(C)o2)nnn1-c1nonc1N.COc1cc(Br)cc(Br)c1OCC(=O)N/N=C/c1cc(Br)c(O)c(O)c1Br.O=C(COc1ccc(F)cc1)N/N=C/c1ccco1.O=C(COc1cccc2ccccc12)N/N=C/c1ccco1. The molecule has 0 aliphatic rings. The summed E-state index contributed by atoms with van der Waals surface area (Å²) in [7, 11) is 4.23. The van der Waals surface area contributed by atoms with Crippen LogP contribution in [0.25, 0.3) is 22.7 Å². The van der Waals surface area contributed by atoms with Crippen LogP contribution in [0.1, 0.15) is 57.5 Å². The molecule has 0 unspecified atom stereocenters. The van der Waals surface area contributed by atoms with Crippen molar-refractivity contribution in [2.45, 2.75) is 20.5 Å². The molecule has 11 rings (SSSR count). The first-order valence-corrected chi connectivity index (χ1v) is 33.9. The highest BCUT2D eigenvalue weighted by atomic mass is 79.9. The van der Waals surface area contributed by atoms with Gasteiger partial charge in [0.15, 0.2) is 48.5 Å². The Morgan fingerprint density at radius 2 is 1.25 bits per heavy atom. The summed E-state index contributed by atoms with van der Waals surface area (Å²) in [4.78, 5) is 57.9. The number of furan rings is 4. The minimum absolute atomic E-state index is 0.000390. The van der Waals surface area contributed by atoms with Gasteiger partial charge in [0.05, 0.1) is 83.6 Å². The average Bonchev–Trinajstić information content (AvgIpc) is 1.52. The number of methoxy groups -OCH3 is 3. The van der Waals surface area contributed by atoms with Crippen molar-refractivity contribution in [1.82, 2.24) is 52.4 Å². The van der Waals surface area contributed by atoms with Crippen LogP contribution in [0.4, 0.5) is 15.0 Å². The number of nitrogens with one attached hydrogen (secondary N) is 5. The van der Waals surface area contributed by atoms with Crippen molar-refractivity contribution in [3.63, 3.8) is 0 Å². The molecule has 562 valence electrons. The fraction of sp³-hybridized carbons (Fsp3) is 0.130. The van der Waals surface area contributed by atoms with Crippen molar-refractivity contribution in [3.8, 4) is 40.3 Å². The molecule has 0 saturated heterocycles. The Labute approximate surface area is 645 Å². The van der Waals surface area contributed by atoms with Gasteiger partial charge in [-0.1, -0.05) is 57.5 Å². The Hall–Kier alpha value is -12.6. The lowest BCUT2D eigenvalue weighted by atomic mass is 10.1. The van der Waals surface area contributed by atoms with E-state index in [2.05, 4.69) is 146 Å². The number of halogens is 5. The third-order valence-corrected chi connectivity index (χ3v) is 15.4. The number of phenolic OH excluding ortho intramolecular Hbond substituents is 2. The lowest BCUT2D eigenvalue weighted by Crippen LogP contribution is -2.24. The zero-order valence-corrected chi connectivity index (χ0v) is 63.4. The monoisotopic (exact) mass is 1740 g/mol. The van der Waals surface area contributed by atoms with Crippen molar-refractivity contribution >= 4 is 147 Å². The molecule has 0 bridgehead atoms. The van der Waals surface area contributed by atoms with Crippen molar-refractivity contribution in [2.24, 2.45) is 25.5 Å². The number of fused-ring (bicyclic) bond motifs is 1. The average molecular weight is 1740 g/mol. The summed E-state index contributed by atoms with van der Waals surface area (Å²) >= 11 is 12.9. The molecule has 34 nitrogen and oxygen atoms in total. The van der Waals surface area contributed by atoms with E-state index in [4.69, 9.17) is 47.1 Å². The van der Waals surface area contributed by atoms with Crippen LogP contribution in [0.5, 0.6) is 34.5 Å². The molecule has 5 aromatic carbocycles. The quantitative estimate of drug-likeness (QED) is 0.0150. The number of amides is 5. The lowest BCUT2D eigenvalue weighted by Gasteiger charge is -2.12. The maximum absolute atomic E-state index is 12.6. The zero-order chi connectivity index (χ0) is 77.7. The maximum Gasteiger partial charge on any atom is 0.427 e. The Morgan fingerprint density at radius 3 is 1.85 bits per heavy atom. The summed E-state index contributed by atoms with van der Waals surface area (Å²) in [5.74, 6) is 2.23. The summed E-state index contributed by atoms with van der Waals surface area (Å²) in [5, 5.41) is 55.0. The molecule has 0 aliphatic heterocycles. The third kappa shape index (κ3) is 27.1. The number of ether oxygens (including phenoxy) is 6. The minimum Gasteiger partial charge on any atom is -0.503 e. The minimum atomic E-state index is -0.597. The van der Waals surface area contributed by atoms with Gasteiger partial charge in [0.2, 0.25) is 11.6 Å². The molecule has 0 aliphatic carbocycles. The van der Waals surface area contributed by atoms with Gasteiger partial charge in [-0.05, 0) is 187 Å². The summed E-state index contributed by atoms with van der Waals surface area (Å²) in [6.07, 6.45) is 13.0. The lowest BCUT2D eigenvalue weighted by molar-refractivity contribution is -0.123. The fourth-order valence-electron chi connectivity index (χ4n) is 7.95. The summed E-state index contributed by atoms with van der Waals surface area (Å²) in [6.45, 7) is 2.97. The molecule has 11 aromatic rings. The molecule has 5 amide bonds. The first-order chi connectivity index (χ1) is 52.1. The van der Waals surface area contributed by atoms with E-state index in [-0.39, 0.29) is 75.9 Å². The first kappa shape index (κ1) is 82.7. The number of rotatable bonds is 25. The van der Waals surface area contributed by atoms with Gasteiger partial charge in [0, 0.05) is 22.5 Å². The van der Waals surface area contributed by atoms with Crippen molar-refractivity contribution in [2.75, 3.05) is 46.9 Å². The summed E-state index contributed by atoms with van der Waals surface area (Å²) < 4.78 is 71.6. The second kappa shape index (κ2) is 43.6. The predicted molar refractivity (Wildman–Crippen MR) is 404 cm³/mol. The molecule has 0 atom stereocenters. The van der Waals surface area contributed by atoms with E-state index in [0.717, 1.165) is 26.8 Å². The van der Waals surface area contributed by atoms with E-state index >= 15 is 0 Å². The maximum atomic E-state index is 12.6. The molecular formula is C69H63Br4FN16O18. The number of aromatic hydroxyl groups is 2. The molecule has 39 heteroatoms. The van der Waals surface area contributed by atoms with Gasteiger partial charge in [-0.25, -0.2) is 40.9 Å². The number of carbonyl (C=O) groups excluding carboxylic acids is 5. The number of nitrogens with zero attached hydrogens (tertiary/aromatic N) is 10. The molecule has 0 saturated carbocycles. The normalized spacial score (nSPS) is 11.0. The molecular weight excluding hydrogens is 1680 g/mol. The smallest absolute Gasteiger partial charge is 0.427 e.